The zero-order valence-electron chi connectivity index (χ0n) is 21.0. The van der Waals surface area contributed by atoms with Gasteiger partial charge in [-0.05, 0) is 67.6 Å². The Morgan fingerprint density at radius 1 is 0.902 bits per heavy atom. The lowest BCUT2D eigenvalue weighted by atomic mass is 9.79. The van der Waals surface area contributed by atoms with Gasteiger partial charge < -0.3 is 10.4 Å². The number of sulfone groups is 1. The van der Waals surface area contributed by atoms with Gasteiger partial charge in [0, 0.05) is 24.0 Å². The lowest BCUT2D eigenvalue weighted by Crippen LogP contribution is -2.54. The third-order valence-corrected chi connectivity index (χ3v) is 9.91. The van der Waals surface area contributed by atoms with Gasteiger partial charge in [0.1, 0.15) is 10.6 Å². The van der Waals surface area contributed by atoms with E-state index in [1.54, 1.807) is 6.07 Å². The number of aliphatic hydroxyl groups is 1. The summed E-state index contributed by atoms with van der Waals surface area (Å²) in [6.45, 7) is 0. The summed E-state index contributed by atoms with van der Waals surface area (Å²) in [5.74, 6) is -1.18. The molecule has 3 aromatic rings. The number of amides is 1. The van der Waals surface area contributed by atoms with E-state index in [1.165, 1.54) is 18.5 Å². The van der Waals surface area contributed by atoms with Crippen molar-refractivity contribution in [3.63, 3.8) is 0 Å². The number of nitrogens with zero attached hydrogens (tertiary/aromatic N) is 1. The maximum atomic E-state index is 13.9. The van der Waals surface area contributed by atoms with Gasteiger partial charge in [-0.15, -0.1) is 0 Å². The summed E-state index contributed by atoms with van der Waals surface area (Å²) in [5.41, 5.74) is -6.57. The molecule has 1 amide bonds. The predicted molar refractivity (Wildman–Crippen MR) is 132 cm³/mol. The average molecular weight is 605 g/mol. The number of halogens is 7. The maximum absolute atomic E-state index is 13.9. The van der Waals surface area contributed by atoms with Gasteiger partial charge in [0.05, 0.1) is 10.5 Å². The summed E-state index contributed by atoms with van der Waals surface area (Å²) < 4.78 is 120. The Balaban J connectivity index is 1.72. The molecule has 1 fully saturated rings. The molecule has 41 heavy (non-hydrogen) atoms. The molecule has 0 bridgehead atoms. The molecule has 14 heteroatoms. The van der Waals surface area contributed by atoms with Crippen molar-refractivity contribution in [1.29, 1.82) is 0 Å². The van der Waals surface area contributed by atoms with Crippen LogP contribution in [0.5, 0.6) is 0 Å². The number of alkyl halides is 6. The molecular formula is C27H23F7N2O4S. The van der Waals surface area contributed by atoms with E-state index in [9.17, 15) is 49.1 Å². The van der Waals surface area contributed by atoms with E-state index in [4.69, 9.17) is 0 Å². The normalized spacial score (nSPS) is 20.4. The monoisotopic (exact) mass is 604 g/mol. The lowest BCUT2D eigenvalue weighted by molar-refractivity contribution is -0.376. The van der Waals surface area contributed by atoms with Crippen LogP contribution in [0.25, 0.3) is 0 Å². The first-order chi connectivity index (χ1) is 19.0. The summed E-state index contributed by atoms with van der Waals surface area (Å²) in [6, 6.07) is 8.86. The van der Waals surface area contributed by atoms with Crippen LogP contribution in [-0.2, 0) is 20.2 Å². The zero-order chi connectivity index (χ0) is 30.3. The van der Waals surface area contributed by atoms with Crippen LogP contribution < -0.4 is 5.32 Å². The quantitative estimate of drug-likeness (QED) is 0.283. The molecule has 0 saturated heterocycles. The number of hydrogen-bond donors (Lipinski definition) is 2. The van der Waals surface area contributed by atoms with Crippen molar-refractivity contribution in [2.45, 2.75) is 59.3 Å². The number of hydrogen-bond acceptors (Lipinski definition) is 5. The molecule has 0 atom stereocenters. The smallest absolute Gasteiger partial charge is 0.369 e. The number of aromatic nitrogens is 1. The van der Waals surface area contributed by atoms with Crippen LogP contribution in [0.3, 0.4) is 0 Å². The summed E-state index contributed by atoms with van der Waals surface area (Å²) >= 11 is 0. The van der Waals surface area contributed by atoms with E-state index in [1.807, 2.05) is 0 Å². The second kappa shape index (κ2) is 10.7. The number of rotatable bonds is 6. The van der Waals surface area contributed by atoms with Crippen LogP contribution in [0.1, 0.15) is 47.2 Å². The number of nitrogens with one attached hydrogen (secondary N) is 1. The first-order valence-electron chi connectivity index (χ1n) is 12.2. The van der Waals surface area contributed by atoms with Crippen molar-refractivity contribution in [1.82, 2.24) is 10.3 Å². The zero-order valence-corrected chi connectivity index (χ0v) is 21.8. The van der Waals surface area contributed by atoms with Crippen LogP contribution in [0.4, 0.5) is 30.7 Å². The van der Waals surface area contributed by atoms with E-state index in [0.717, 1.165) is 36.4 Å². The molecule has 0 unspecified atom stereocenters. The fraction of sp³-hybridized carbons (Fsp3) is 0.333. The molecule has 0 spiro atoms. The van der Waals surface area contributed by atoms with Crippen LogP contribution in [0.2, 0.25) is 0 Å². The minimum Gasteiger partial charge on any atom is -0.369 e. The van der Waals surface area contributed by atoms with Crippen molar-refractivity contribution in [2.24, 2.45) is 0 Å². The number of pyridine rings is 1. The summed E-state index contributed by atoms with van der Waals surface area (Å²) in [6.07, 6.45) is -9.59. The molecule has 1 aromatic heterocycles. The molecule has 2 N–H and O–H groups in total. The first kappa shape index (κ1) is 30.4. The van der Waals surface area contributed by atoms with E-state index < -0.39 is 55.9 Å². The van der Waals surface area contributed by atoms with Gasteiger partial charge in [-0.1, -0.05) is 24.3 Å². The molecule has 2 aromatic carbocycles. The van der Waals surface area contributed by atoms with Gasteiger partial charge in [-0.25, -0.2) is 12.8 Å². The maximum Gasteiger partial charge on any atom is 0.430 e. The minimum absolute atomic E-state index is 0.0865. The third-order valence-electron chi connectivity index (χ3n) is 7.34. The van der Waals surface area contributed by atoms with Crippen molar-refractivity contribution in [3.8, 4) is 0 Å². The second-order valence-electron chi connectivity index (χ2n) is 9.72. The standard InChI is InChI=1S/C27H23F7N2O4S/c28-20-7-9-22(10-8-20)41(39,40)24(13-11-21(12-14-24)36-23(37)17-2-1-15-35-16-17)18-3-5-19(6-4-18)25(38,26(29,30)31)27(32,33)34/h1-10,15-16,21,38H,11-14H2,(H,36,37). The molecule has 0 aliphatic heterocycles. The highest BCUT2D eigenvalue weighted by atomic mass is 32.2. The summed E-state index contributed by atoms with van der Waals surface area (Å²) in [7, 11) is -4.40. The van der Waals surface area contributed by atoms with Gasteiger partial charge >= 0.3 is 12.4 Å². The fourth-order valence-electron chi connectivity index (χ4n) is 5.05. The number of carbonyl (C=O) groups excluding carboxylic acids is 1. The average Bonchev–Trinajstić information content (AvgIpc) is 2.92. The molecule has 0 radical (unpaired) electrons. The van der Waals surface area contributed by atoms with Gasteiger partial charge in [0.2, 0.25) is 0 Å². The van der Waals surface area contributed by atoms with Gasteiger partial charge in [0.25, 0.3) is 11.5 Å². The van der Waals surface area contributed by atoms with Crippen molar-refractivity contribution in [3.05, 3.63) is 95.6 Å². The van der Waals surface area contributed by atoms with Crippen LogP contribution in [0.15, 0.2) is 78.0 Å². The van der Waals surface area contributed by atoms with Gasteiger partial charge in [0.15, 0.2) is 9.84 Å². The van der Waals surface area contributed by atoms with Gasteiger partial charge in [-0.3, -0.25) is 9.78 Å². The van der Waals surface area contributed by atoms with E-state index in [2.05, 4.69) is 10.3 Å². The Morgan fingerprint density at radius 3 is 1.95 bits per heavy atom. The highest BCUT2D eigenvalue weighted by Gasteiger charge is 2.71. The fourth-order valence-corrected chi connectivity index (χ4v) is 7.21. The number of benzene rings is 2. The third kappa shape index (κ3) is 5.42. The minimum atomic E-state index is -6.12. The van der Waals surface area contributed by atoms with Crippen LogP contribution in [-0.4, -0.2) is 42.8 Å². The van der Waals surface area contributed by atoms with Crippen molar-refractivity contribution >= 4 is 15.7 Å². The Hall–Kier alpha value is -3.52. The van der Waals surface area contributed by atoms with Gasteiger partial charge in [-0.2, -0.15) is 26.3 Å². The van der Waals surface area contributed by atoms with Crippen LogP contribution in [0, 0.1) is 5.82 Å². The largest absolute Gasteiger partial charge is 0.430 e. The summed E-state index contributed by atoms with van der Waals surface area (Å²) in [5, 5.41) is 12.5. The highest BCUT2D eigenvalue weighted by molar-refractivity contribution is 7.92. The van der Waals surface area contributed by atoms with E-state index >= 15 is 0 Å². The first-order valence-corrected chi connectivity index (χ1v) is 13.7. The Bertz CT molecular complexity index is 1470. The molecule has 1 heterocycles. The number of carbonyl (C=O) groups is 1. The van der Waals surface area contributed by atoms with Crippen molar-refractivity contribution in [2.75, 3.05) is 0 Å². The molecule has 1 aliphatic rings. The molecule has 6 nitrogen and oxygen atoms in total. The SMILES string of the molecule is O=C(NC1CCC(c2ccc(C(O)(C(F)(F)F)C(F)(F)F)cc2)(S(=O)(=O)c2ccc(F)cc2)CC1)c1cccnc1. The summed E-state index contributed by atoms with van der Waals surface area (Å²) in [4.78, 5) is 16.1. The highest BCUT2D eigenvalue weighted by Crippen LogP contribution is 2.51. The van der Waals surface area contributed by atoms with E-state index in [-0.39, 0.29) is 41.7 Å². The topological polar surface area (TPSA) is 96.4 Å². The molecule has 220 valence electrons. The Kier molecular flexibility index (Phi) is 7.95. The molecule has 4 rings (SSSR count). The predicted octanol–water partition coefficient (Wildman–Crippen LogP) is 5.57. The van der Waals surface area contributed by atoms with Crippen molar-refractivity contribution < 1.29 is 49.1 Å². The second-order valence-corrected chi connectivity index (χ2v) is 12.0. The molecule has 1 saturated carbocycles. The molecular weight excluding hydrogens is 581 g/mol. The lowest BCUT2D eigenvalue weighted by Gasteiger charge is -2.40. The van der Waals surface area contributed by atoms with E-state index in [0.29, 0.717) is 12.1 Å². The Labute approximate surface area is 230 Å². The Morgan fingerprint density at radius 2 is 1.46 bits per heavy atom. The molecule has 1 aliphatic carbocycles. The van der Waals surface area contributed by atoms with Crippen LogP contribution >= 0.6 is 0 Å².